The van der Waals surface area contributed by atoms with E-state index in [2.05, 4.69) is 50.8 Å². The summed E-state index contributed by atoms with van der Waals surface area (Å²) in [6.07, 6.45) is 0. The summed E-state index contributed by atoms with van der Waals surface area (Å²) in [5.74, 6) is 2.00. The summed E-state index contributed by atoms with van der Waals surface area (Å²) >= 11 is 0. The molecule has 2 amide bonds. The Morgan fingerprint density at radius 3 is 2.38 bits per heavy atom. The predicted octanol–water partition coefficient (Wildman–Crippen LogP) is 4.51. The highest BCUT2D eigenvalue weighted by atomic mass is 16.5. The highest BCUT2D eigenvalue weighted by Gasteiger charge is 2.20. The van der Waals surface area contributed by atoms with Gasteiger partial charge in [-0.2, -0.15) is 0 Å². The molecule has 216 valence electrons. The van der Waals surface area contributed by atoms with Crippen LogP contribution in [0.25, 0.3) is 10.8 Å². The number of methoxy groups -OCH3 is 1. The first-order chi connectivity index (χ1) is 20.5. The van der Waals surface area contributed by atoms with Gasteiger partial charge >= 0.3 is 0 Å². The predicted molar refractivity (Wildman–Crippen MR) is 162 cm³/mol. The fourth-order valence-corrected chi connectivity index (χ4v) is 5.27. The summed E-state index contributed by atoms with van der Waals surface area (Å²) in [6.45, 7) is 5.15. The summed E-state index contributed by atoms with van der Waals surface area (Å²) in [7, 11) is 1.66. The third-order valence-corrected chi connectivity index (χ3v) is 7.58. The third kappa shape index (κ3) is 6.82. The Balaban J connectivity index is 0.963. The van der Waals surface area contributed by atoms with Crippen LogP contribution in [-0.4, -0.2) is 68.1 Å². The van der Waals surface area contributed by atoms with Crippen molar-refractivity contribution in [3.63, 3.8) is 0 Å². The molecule has 2 aliphatic rings. The maximum atomic E-state index is 12.7. The average Bonchev–Trinajstić information content (AvgIpc) is 3.01. The molecule has 0 bridgehead atoms. The van der Waals surface area contributed by atoms with Crippen LogP contribution < -0.4 is 24.8 Å². The van der Waals surface area contributed by atoms with E-state index in [-0.39, 0.29) is 18.4 Å². The number of amides is 2. The Morgan fingerprint density at radius 2 is 1.57 bits per heavy atom. The molecule has 0 spiro atoms. The van der Waals surface area contributed by atoms with Crippen molar-refractivity contribution in [2.24, 2.45) is 0 Å². The van der Waals surface area contributed by atoms with Crippen LogP contribution in [-0.2, 0) is 22.7 Å². The summed E-state index contributed by atoms with van der Waals surface area (Å²) in [6, 6.07) is 26.0. The zero-order valence-corrected chi connectivity index (χ0v) is 23.6. The highest BCUT2D eigenvalue weighted by molar-refractivity contribution is 5.97. The molecule has 9 nitrogen and oxygen atoms in total. The number of nitrogens with one attached hydrogen (secondary N) is 2. The number of ether oxygens (including phenoxy) is 3. The fourth-order valence-electron chi connectivity index (χ4n) is 5.27. The van der Waals surface area contributed by atoms with Crippen LogP contribution >= 0.6 is 0 Å². The SMILES string of the molecule is COc1ccc(COc2ccc3cc(CN4CCN(CC(=O)Nc5ccc6c(c5)OCC(=O)N6)CC4)ccc3c2)cc1. The lowest BCUT2D eigenvalue weighted by Gasteiger charge is -2.34. The van der Waals surface area contributed by atoms with Gasteiger partial charge in [0.2, 0.25) is 5.91 Å². The smallest absolute Gasteiger partial charge is 0.262 e. The molecule has 2 N–H and O–H groups in total. The molecule has 0 saturated carbocycles. The van der Waals surface area contributed by atoms with Crippen molar-refractivity contribution in [2.75, 3.05) is 57.1 Å². The van der Waals surface area contributed by atoms with Gasteiger partial charge in [0.15, 0.2) is 6.61 Å². The van der Waals surface area contributed by atoms with Gasteiger partial charge in [-0.15, -0.1) is 0 Å². The van der Waals surface area contributed by atoms with Crippen molar-refractivity contribution in [1.29, 1.82) is 0 Å². The van der Waals surface area contributed by atoms with Crippen molar-refractivity contribution in [1.82, 2.24) is 9.80 Å². The molecule has 42 heavy (non-hydrogen) atoms. The van der Waals surface area contributed by atoms with E-state index in [0.29, 0.717) is 30.3 Å². The van der Waals surface area contributed by atoms with E-state index in [1.165, 1.54) is 10.9 Å². The molecular formula is C33H34N4O5. The minimum Gasteiger partial charge on any atom is -0.497 e. The fraction of sp³-hybridized carbons (Fsp3) is 0.273. The van der Waals surface area contributed by atoms with E-state index in [9.17, 15) is 9.59 Å². The van der Waals surface area contributed by atoms with Crippen LogP contribution in [0.3, 0.4) is 0 Å². The second-order valence-corrected chi connectivity index (χ2v) is 10.6. The van der Waals surface area contributed by atoms with Gasteiger partial charge in [0.05, 0.1) is 19.3 Å². The first kappa shape index (κ1) is 27.6. The van der Waals surface area contributed by atoms with Crippen LogP contribution in [0.15, 0.2) is 78.9 Å². The second kappa shape index (κ2) is 12.5. The Bertz CT molecular complexity index is 1580. The van der Waals surface area contributed by atoms with E-state index >= 15 is 0 Å². The Kier molecular flexibility index (Phi) is 8.21. The largest absolute Gasteiger partial charge is 0.497 e. The van der Waals surface area contributed by atoms with Crippen LogP contribution in [0.2, 0.25) is 0 Å². The van der Waals surface area contributed by atoms with Crippen molar-refractivity contribution >= 4 is 34.0 Å². The first-order valence-electron chi connectivity index (χ1n) is 14.1. The number of hydrogen-bond acceptors (Lipinski definition) is 7. The molecule has 6 rings (SSSR count). The number of anilines is 2. The van der Waals surface area contributed by atoms with Crippen molar-refractivity contribution < 1.29 is 23.8 Å². The van der Waals surface area contributed by atoms with Gasteiger partial charge in [-0.05, 0) is 64.4 Å². The number of piperazine rings is 1. The normalized spacial score (nSPS) is 15.4. The van der Waals surface area contributed by atoms with Gasteiger partial charge in [0.1, 0.15) is 23.9 Å². The van der Waals surface area contributed by atoms with E-state index in [0.717, 1.165) is 55.2 Å². The van der Waals surface area contributed by atoms with Gasteiger partial charge < -0.3 is 24.8 Å². The van der Waals surface area contributed by atoms with Crippen molar-refractivity contribution in [3.8, 4) is 17.2 Å². The summed E-state index contributed by atoms with van der Waals surface area (Å²) < 4.78 is 16.7. The topological polar surface area (TPSA) is 92.4 Å². The highest BCUT2D eigenvalue weighted by Crippen LogP contribution is 2.30. The molecule has 2 aliphatic heterocycles. The minimum absolute atomic E-state index is 0.0180. The molecular weight excluding hydrogens is 532 g/mol. The Hall–Kier alpha value is -4.60. The molecule has 0 aliphatic carbocycles. The summed E-state index contributed by atoms with van der Waals surface area (Å²) in [5, 5.41) is 8.04. The number of fused-ring (bicyclic) bond motifs is 2. The average molecular weight is 567 g/mol. The van der Waals surface area contributed by atoms with E-state index in [4.69, 9.17) is 14.2 Å². The number of carbonyl (C=O) groups excluding carboxylic acids is 2. The van der Waals surface area contributed by atoms with Gasteiger partial charge in [-0.1, -0.05) is 30.3 Å². The maximum absolute atomic E-state index is 12.7. The zero-order chi connectivity index (χ0) is 28.9. The van der Waals surface area contributed by atoms with Gasteiger partial charge in [-0.3, -0.25) is 19.4 Å². The lowest BCUT2D eigenvalue weighted by Crippen LogP contribution is -2.48. The molecule has 4 aromatic carbocycles. The van der Waals surface area contributed by atoms with E-state index in [1.807, 2.05) is 30.3 Å². The lowest BCUT2D eigenvalue weighted by atomic mass is 10.1. The molecule has 0 unspecified atom stereocenters. The molecule has 2 heterocycles. The van der Waals surface area contributed by atoms with Gasteiger partial charge in [0.25, 0.3) is 5.91 Å². The van der Waals surface area contributed by atoms with Gasteiger partial charge in [-0.25, -0.2) is 0 Å². The summed E-state index contributed by atoms with van der Waals surface area (Å²) in [5.41, 5.74) is 3.63. The quantitative estimate of drug-likeness (QED) is 0.308. The molecule has 1 fully saturated rings. The van der Waals surface area contributed by atoms with Crippen LogP contribution in [0.1, 0.15) is 11.1 Å². The third-order valence-electron chi connectivity index (χ3n) is 7.58. The maximum Gasteiger partial charge on any atom is 0.262 e. The minimum atomic E-state index is -0.180. The number of hydrogen-bond donors (Lipinski definition) is 2. The number of benzene rings is 4. The number of rotatable bonds is 9. The molecule has 0 aromatic heterocycles. The Morgan fingerprint density at radius 1 is 0.857 bits per heavy atom. The standard InChI is InChI=1S/C33H34N4O5/c1-40-28-8-3-23(4-9-28)21-41-29-10-6-25-16-24(2-5-26(25)17-29)19-36-12-14-37(15-13-36)20-32(38)34-27-7-11-30-31(18-27)42-22-33(39)35-30/h2-11,16-18H,12-15,19-22H2,1H3,(H,34,38)(H,35,39). The van der Waals surface area contributed by atoms with Gasteiger partial charge in [0, 0.05) is 44.5 Å². The number of nitrogens with zero attached hydrogens (tertiary/aromatic N) is 2. The van der Waals surface area contributed by atoms with Crippen molar-refractivity contribution in [3.05, 3.63) is 90.0 Å². The van der Waals surface area contributed by atoms with E-state index < -0.39 is 0 Å². The molecule has 1 saturated heterocycles. The van der Waals surface area contributed by atoms with Crippen LogP contribution in [0.5, 0.6) is 17.2 Å². The lowest BCUT2D eigenvalue weighted by molar-refractivity contribution is -0.119. The first-order valence-corrected chi connectivity index (χ1v) is 14.1. The number of carbonyl (C=O) groups is 2. The zero-order valence-electron chi connectivity index (χ0n) is 23.6. The Labute approximate surface area is 245 Å². The molecule has 4 aromatic rings. The molecule has 9 heteroatoms. The van der Waals surface area contributed by atoms with Crippen LogP contribution in [0.4, 0.5) is 11.4 Å². The molecule has 0 radical (unpaired) electrons. The summed E-state index contributed by atoms with van der Waals surface area (Å²) in [4.78, 5) is 28.7. The second-order valence-electron chi connectivity index (χ2n) is 10.6. The monoisotopic (exact) mass is 566 g/mol. The van der Waals surface area contributed by atoms with Crippen molar-refractivity contribution in [2.45, 2.75) is 13.2 Å². The molecule has 0 atom stereocenters. The van der Waals surface area contributed by atoms with Crippen LogP contribution in [0, 0.1) is 0 Å². The van der Waals surface area contributed by atoms with E-state index in [1.54, 1.807) is 25.3 Å².